The topological polar surface area (TPSA) is 58.6 Å². The van der Waals surface area contributed by atoms with Crippen molar-refractivity contribution in [1.82, 2.24) is 4.90 Å². The van der Waals surface area contributed by atoms with E-state index in [-0.39, 0.29) is 30.5 Å². The number of methoxy groups -OCH3 is 1. The number of carbonyl (C=O) groups excluding carboxylic acids is 2. The lowest BCUT2D eigenvalue weighted by atomic mass is 10.3. The molecule has 1 aromatic carbocycles. The molecule has 0 atom stereocenters. The number of nitrogens with one attached hydrogen (secondary N) is 1. The van der Waals surface area contributed by atoms with Gasteiger partial charge in [-0.25, -0.2) is 8.78 Å². The van der Waals surface area contributed by atoms with Crippen LogP contribution in [0.1, 0.15) is 13.3 Å². The third-order valence-corrected chi connectivity index (χ3v) is 2.88. The van der Waals surface area contributed by atoms with E-state index in [2.05, 4.69) is 10.1 Å². The molecule has 0 fully saturated rings. The number of benzene rings is 1. The highest BCUT2D eigenvalue weighted by atomic mass is 19.2. The average molecular weight is 300 g/mol. The maximum Gasteiger partial charge on any atom is 0.306 e. The molecular weight excluding hydrogens is 282 g/mol. The van der Waals surface area contributed by atoms with E-state index in [1.807, 2.05) is 6.92 Å². The van der Waals surface area contributed by atoms with Gasteiger partial charge in [0.05, 0.1) is 20.1 Å². The largest absolute Gasteiger partial charge is 0.469 e. The zero-order chi connectivity index (χ0) is 15.8. The van der Waals surface area contributed by atoms with Gasteiger partial charge in [-0.1, -0.05) is 6.92 Å². The van der Waals surface area contributed by atoms with Crippen LogP contribution in [-0.4, -0.2) is 43.5 Å². The molecule has 0 aliphatic carbocycles. The molecule has 0 spiro atoms. The molecule has 7 heteroatoms. The molecule has 5 nitrogen and oxygen atoms in total. The summed E-state index contributed by atoms with van der Waals surface area (Å²) >= 11 is 0. The summed E-state index contributed by atoms with van der Waals surface area (Å²) in [5, 5.41) is 2.47. The molecule has 116 valence electrons. The van der Waals surface area contributed by atoms with Gasteiger partial charge in [0.15, 0.2) is 11.6 Å². The van der Waals surface area contributed by atoms with E-state index >= 15 is 0 Å². The fourth-order valence-corrected chi connectivity index (χ4v) is 1.68. The Morgan fingerprint density at radius 2 is 2.00 bits per heavy atom. The van der Waals surface area contributed by atoms with Crippen molar-refractivity contribution in [3.63, 3.8) is 0 Å². The number of halogens is 2. The second-order valence-electron chi connectivity index (χ2n) is 4.37. The highest BCUT2D eigenvalue weighted by Crippen LogP contribution is 2.13. The molecule has 0 unspecified atom stereocenters. The Kier molecular flexibility index (Phi) is 6.74. The molecule has 0 aliphatic rings. The van der Waals surface area contributed by atoms with Crippen molar-refractivity contribution >= 4 is 17.6 Å². The fourth-order valence-electron chi connectivity index (χ4n) is 1.68. The number of hydrogen-bond acceptors (Lipinski definition) is 4. The molecule has 0 aromatic heterocycles. The van der Waals surface area contributed by atoms with E-state index < -0.39 is 11.6 Å². The molecule has 0 radical (unpaired) electrons. The summed E-state index contributed by atoms with van der Waals surface area (Å²) < 4.78 is 30.3. The molecule has 0 bridgehead atoms. The zero-order valence-corrected chi connectivity index (χ0v) is 12.0. The molecule has 0 aliphatic heterocycles. The summed E-state index contributed by atoms with van der Waals surface area (Å²) in [5.74, 6) is -2.71. The van der Waals surface area contributed by atoms with Gasteiger partial charge >= 0.3 is 5.97 Å². The third-order valence-electron chi connectivity index (χ3n) is 2.88. The minimum atomic E-state index is -1.02. The Labute approximate surface area is 121 Å². The Morgan fingerprint density at radius 3 is 2.57 bits per heavy atom. The summed E-state index contributed by atoms with van der Waals surface area (Å²) in [6.45, 7) is 2.85. The Bertz CT molecular complexity index is 509. The van der Waals surface area contributed by atoms with Crippen LogP contribution in [0.5, 0.6) is 0 Å². The molecule has 1 aromatic rings. The lowest BCUT2D eigenvalue weighted by Crippen LogP contribution is -2.34. The van der Waals surface area contributed by atoms with E-state index in [0.717, 1.165) is 12.1 Å². The number of nitrogens with zero attached hydrogens (tertiary/aromatic N) is 1. The smallest absolute Gasteiger partial charge is 0.306 e. The zero-order valence-electron chi connectivity index (χ0n) is 12.0. The number of likely N-dealkylation sites (N-methyl/N-ethyl adjacent to an activating group) is 1. The molecular formula is C14H18F2N2O3. The van der Waals surface area contributed by atoms with Crippen molar-refractivity contribution in [2.24, 2.45) is 0 Å². The van der Waals surface area contributed by atoms with Crippen LogP contribution in [0.25, 0.3) is 0 Å². The van der Waals surface area contributed by atoms with Crippen LogP contribution < -0.4 is 5.32 Å². The van der Waals surface area contributed by atoms with Crippen molar-refractivity contribution in [1.29, 1.82) is 0 Å². The van der Waals surface area contributed by atoms with Gasteiger partial charge < -0.3 is 10.1 Å². The summed E-state index contributed by atoms with van der Waals surface area (Å²) in [5.41, 5.74) is 0.183. The van der Waals surface area contributed by atoms with Gasteiger partial charge in [-0.3, -0.25) is 14.5 Å². The maximum absolute atomic E-state index is 13.0. The number of amides is 1. The van der Waals surface area contributed by atoms with Gasteiger partial charge in [0, 0.05) is 18.3 Å². The highest BCUT2D eigenvalue weighted by molar-refractivity contribution is 5.92. The van der Waals surface area contributed by atoms with Gasteiger partial charge in [-0.15, -0.1) is 0 Å². The standard InChI is InChI=1S/C14H18F2N2O3/c1-3-18(7-6-14(20)21-2)9-13(19)17-10-4-5-11(15)12(16)8-10/h4-5,8H,3,6-7,9H2,1-2H3,(H,17,19). The maximum atomic E-state index is 13.0. The Hall–Kier alpha value is -2.02. The second kappa shape index (κ2) is 8.31. The highest BCUT2D eigenvalue weighted by Gasteiger charge is 2.12. The summed E-state index contributed by atoms with van der Waals surface area (Å²) in [4.78, 5) is 24.6. The first-order valence-electron chi connectivity index (χ1n) is 6.50. The van der Waals surface area contributed by atoms with E-state index in [0.29, 0.717) is 13.1 Å². The molecule has 0 saturated heterocycles. The van der Waals surface area contributed by atoms with Crippen molar-refractivity contribution in [3.8, 4) is 0 Å². The van der Waals surface area contributed by atoms with Gasteiger partial charge in [0.1, 0.15) is 0 Å². The lowest BCUT2D eigenvalue weighted by molar-refractivity contribution is -0.141. The predicted molar refractivity (Wildman–Crippen MR) is 73.7 cm³/mol. The van der Waals surface area contributed by atoms with Crippen LogP contribution >= 0.6 is 0 Å². The number of anilines is 1. The molecule has 1 N–H and O–H groups in total. The van der Waals surface area contributed by atoms with Gasteiger partial charge in [0.25, 0.3) is 0 Å². The quantitative estimate of drug-likeness (QED) is 0.780. The first-order valence-corrected chi connectivity index (χ1v) is 6.50. The molecule has 0 heterocycles. The Balaban J connectivity index is 2.50. The lowest BCUT2D eigenvalue weighted by Gasteiger charge is -2.19. The normalized spacial score (nSPS) is 10.5. The molecule has 1 amide bonds. The van der Waals surface area contributed by atoms with Crippen LogP contribution in [0.15, 0.2) is 18.2 Å². The Morgan fingerprint density at radius 1 is 1.29 bits per heavy atom. The van der Waals surface area contributed by atoms with E-state index in [9.17, 15) is 18.4 Å². The minimum absolute atomic E-state index is 0.0481. The van der Waals surface area contributed by atoms with Crippen molar-refractivity contribution in [3.05, 3.63) is 29.8 Å². The SMILES string of the molecule is CCN(CCC(=O)OC)CC(=O)Nc1ccc(F)c(F)c1. The fraction of sp³-hybridized carbons (Fsp3) is 0.429. The number of ether oxygens (including phenoxy) is 1. The molecule has 1 rings (SSSR count). The monoisotopic (exact) mass is 300 g/mol. The first kappa shape index (κ1) is 17.0. The van der Waals surface area contributed by atoms with E-state index in [1.165, 1.54) is 13.2 Å². The predicted octanol–water partition coefficient (Wildman–Crippen LogP) is 1.79. The number of rotatable bonds is 7. The second-order valence-corrected chi connectivity index (χ2v) is 4.37. The number of esters is 1. The summed E-state index contributed by atoms with van der Waals surface area (Å²) in [7, 11) is 1.30. The molecule has 0 saturated carbocycles. The first-order chi connectivity index (χ1) is 9.96. The van der Waals surface area contributed by atoms with Gasteiger partial charge in [-0.2, -0.15) is 0 Å². The van der Waals surface area contributed by atoms with Crippen molar-refractivity contribution < 1.29 is 23.1 Å². The van der Waals surface area contributed by atoms with Crippen molar-refractivity contribution in [2.45, 2.75) is 13.3 Å². The van der Waals surface area contributed by atoms with Crippen LogP contribution in [0.3, 0.4) is 0 Å². The van der Waals surface area contributed by atoms with Crippen LogP contribution in [0.2, 0.25) is 0 Å². The third kappa shape index (κ3) is 5.86. The number of hydrogen-bond donors (Lipinski definition) is 1. The van der Waals surface area contributed by atoms with E-state index in [4.69, 9.17) is 0 Å². The summed E-state index contributed by atoms with van der Waals surface area (Å²) in [6.07, 6.45) is 0.183. The average Bonchev–Trinajstić information content (AvgIpc) is 2.46. The van der Waals surface area contributed by atoms with Crippen LogP contribution in [0, 0.1) is 11.6 Å². The van der Waals surface area contributed by atoms with Crippen LogP contribution in [-0.2, 0) is 14.3 Å². The van der Waals surface area contributed by atoms with E-state index in [1.54, 1.807) is 4.90 Å². The van der Waals surface area contributed by atoms with Gasteiger partial charge in [0.2, 0.25) is 5.91 Å². The van der Waals surface area contributed by atoms with Crippen LogP contribution in [0.4, 0.5) is 14.5 Å². The molecule has 21 heavy (non-hydrogen) atoms. The summed E-state index contributed by atoms with van der Waals surface area (Å²) in [6, 6.07) is 3.14. The minimum Gasteiger partial charge on any atom is -0.469 e. The van der Waals surface area contributed by atoms with Crippen molar-refractivity contribution in [2.75, 3.05) is 32.1 Å². The van der Waals surface area contributed by atoms with Gasteiger partial charge in [-0.05, 0) is 18.7 Å². The number of carbonyl (C=O) groups is 2.